The number of halogens is 1. The summed E-state index contributed by atoms with van der Waals surface area (Å²) in [5.74, 6) is -0.340. The first-order valence-electron chi connectivity index (χ1n) is 9.32. The molecule has 6 heteroatoms. The van der Waals surface area contributed by atoms with Crippen LogP contribution in [0.4, 0.5) is 14.9 Å². The third kappa shape index (κ3) is 4.70. The van der Waals surface area contributed by atoms with Gasteiger partial charge in [-0.3, -0.25) is 9.80 Å². The standard InChI is InChI=1S/C19H29FN4O/c1-15-6-7-16(2)24(15)13-10-22-8-11-23(12-9-22)19(25)21-18-5-3-4-17(20)14-18/h3-5,14-16H,6-13H2,1-2H3,(H,21,25)/t15-,16-/m0/s1. The lowest BCUT2D eigenvalue weighted by Crippen LogP contribution is -2.51. The molecule has 2 saturated heterocycles. The molecule has 0 aromatic heterocycles. The molecule has 0 aliphatic carbocycles. The van der Waals surface area contributed by atoms with E-state index in [2.05, 4.69) is 29.0 Å². The van der Waals surface area contributed by atoms with Crippen LogP contribution < -0.4 is 5.32 Å². The van der Waals surface area contributed by atoms with Crippen LogP contribution in [-0.4, -0.2) is 72.1 Å². The van der Waals surface area contributed by atoms with Gasteiger partial charge in [0, 0.05) is 57.0 Å². The molecule has 2 aliphatic rings. The van der Waals surface area contributed by atoms with E-state index in [1.165, 1.54) is 25.0 Å². The van der Waals surface area contributed by atoms with E-state index in [0.29, 0.717) is 30.9 Å². The van der Waals surface area contributed by atoms with Gasteiger partial charge in [0.2, 0.25) is 0 Å². The first kappa shape index (κ1) is 18.1. The van der Waals surface area contributed by atoms with Gasteiger partial charge in [-0.15, -0.1) is 0 Å². The number of nitrogens with zero attached hydrogens (tertiary/aromatic N) is 3. The zero-order valence-corrected chi connectivity index (χ0v) is 15.2. The number of benzene rings is 1. The lowest BCUT2D eigenvalue weighted by atomic mass is 10.2. The Morgan fingerprint density at radius 1 is 1.12 bits per heavy atom. The highest BCUT2D eigenvalue weighted by Crippen LogP contribution is 2.22. The maximum absolute atomic E-state index is 13.2. The molecule has 2 fully saturated rings. The fourth-order valence-corrected chi connectivity index (χ4v) is 3.89. The lowest BCUT2D eigenvalue weighted by Gasteiger charge is -2.36. The minimum Gasteiger partial charge on any atom is -0.322 e. The van der Waals surface area contributed by atoms with Crippen LogP contribution in [-0.2, 0) is 0 Å². The molecule has 25 heavy (non-hydrogen) atoms. The molecule has 5 nitrogen and oxygen atoms in total. The van der Waals surface area contributed by atoms with E-state index >= 15 is 0 Å². The Labute approximate surface area is 149 Å². The highest BCUT2D eigenvalue weighted by atomic mass is 19.1. The number of urea groups is 1. The van der Waals surface area contributed by atoms with Crippen molar-refractivity contribution in [2.45, 2.75) is 38.8 Å². The number of amides is 2. The van der Waals surface area contributed by atoms with Crippen molar-refractivity contribution >= 4 is 11.7 Å². The van der Waals surface area contributed by atoms with E-state index in [9.17, 15) is 9.18 Å². The fraction of sp³-hybridized carbons (Fsp3) is 0.632. The monoisotopic (exact) mass is 348 g/mol. The van der Waals surface area contributed by atoms with Crippen LogP contribution in [0.25, 0.3) is 0 Å². The molecule has 2 atom stereocenters. The number of rotatable bonds is 4. The molecule has 3 rings (SSSR count). The van der Waals surface area contributed by atoms with Crippen LogP contribution >= 0.6 is 0 Å². The smallest absolute Gasteiger partial charge is 0.321 e. The molecule has 0 bridgehead atoms. The van der Waals surface area contributed by atoms with Gasteiger partial charge < -0.3 is 10.2 Å². The van der Waals surface area contributed by atoms with Crippen LogP contribution in [0.15, 0.2) is 24.3 Å². The van der Waals surface area contributed by atoms with Gasteiger partial charge in [-0.1, -0.05) is 6.07 Å². The Morgan fingerprint density at radius 3 is 2.44 bits per heavy atom. The Kier molecular flexibility index (Phi) is 5.91. The predicted octanol–water partition coefficient (Wildman–Crippen LogP) is 2.85. The Hall–Kier alpha value is -1.66. The minimum absolute atomic E-state index is 0.146. The number of likely N-dealkylation sites (tertiary alicyclic amines) is 1. The lowest BCUT2D eigenvalue weighted by molar-refractivity contribution is 0.123. The number of hydrogen-bond acceptors (Lipinski definition) is 3. The van der Waals surface area contributed by atoms with Crippen molar-refractivity contribution in [2.75, 3.05) is 44.6 Å². The van der Waals surface area contributed by atoms with Gasteiger partial charge in [-0.25, -0.2) is 9.18 Å². The maximum atomic E-state index is 13.2. The summed E-state index contributed by atoms with van der Waals surface area (Å²) in [6.07, 6.45) is 2.60. The van der Waals surface area contributed by atoms with E-state index in [1.807, 2.05) is 4.90 Å². The number of carbonyl (C=O) groups excluding carboxylic acids is 1. The molecular weight excluding hydrogens is 319 g/mol. The molecule has 0 radical (unpaired) electrons. The third-order valence-corrected chi connectivity index (χ3v) is 5.54. The first-order chi connectivity index (χ1) is 12.0. The Morgan fingerprint density at radius 2 is 1.80 bits per heavy atom. The third-order valence-electron chi connectivity index (χ3n) is 5.54. The first-order valence-corrected chi connectivity index (χ1v) is 9.32. The van der Waals surface area contributed by atoms with Crippen LogP contribution in [0.2, 0.25) is 0 Å². The van der Waals surface area contributed by atoms with Crippen LogP contribution in [0, 0.1) is 5.82 Å². The van der Waals surface area contributed by atoms with Crippen molar-refractivity contribution < 1.29 is 9.18 Å². The molecule has 1 aromatic rings. The zero-order valence-electron chi connectivity index (χ0n) is 15.2. The molecule has 1 N–H and O–H groups in total. The van der Waals surface area contributed by atoms with Crippen LogP contribution in [0.5, 0.6) is 0 Å². The van der Waals surface area contributed by atoms with E-state index < -0.39 is 0 Å². The van der Waals surface area contributed by atoms with Gasteiger partial charge in [0.25, 0.3) is 0 Å². The Bertz CT molecular complexity index is 579. The summed E-state index contributed by atoms with van der Waals surface area (Å²) in [5, 5.41) is 2.78. The summed E-state index contributed by atoms with van der Waals surface area (Å²) in [6.45, 7) is 10.0. The quantitative estimate of drug-likeness (QED) is 0.909. The van der Waals surface area contributed by atoms with E-state index in [1.54, 1.807) is 12.1 Å². The number of anilines is 1. The van der Waals surface area contributed by atoms with Crippen molar-refractivity contribution in [1.29, 1.82) is 0 Å². The second-order valence-corrected chi connectivity index (χ2v) is 7.28. The van der Waals surface area contributed by atoms with Crippen molar-refractivity contribution in [3.05, 3.63) is 30.1 Å². The maximum Gasteiger partial charge on any atom is 0.321 e. The molecule has 0 saturated carbocycles. The van der Waals surface area contributed by atoms with Crippen molar-refractivity contribution in [3.63, 3.8) is 0 Å². The molecule has 2 aliphatic heterocycles. The number of carbonyl (C=O) groups is 1. The van der Waals surface area contributed by atoms with Gasteiger partial charge in [0.15, 0.2) is 0 Å². The second-order valence-electron chi connectivity index (χ2n) is 7.28. The topological polar surface area (TPSA) is 38.8 Å². The second kappa shape index (κ2) is 8.15. The Balaban J connectivity index is 1.41. The van der Waals surface area contributed by atoms with Gasteiger partial charge in [0.05, 0.1) is 0 Å². The fourth-order valence-electron chi connectivity index (χ4n) is 3.89. The number of nitrogens with one attached hydrogen (secondary N) is 1. The molecule has 0 spiro atoms. The summed E-state index contributed by atoms with van der Waals surface area (Å²) in [4.78, 5) is 19.1. The summed E-state index contributed by atoms with van der Waals surface area (Å²) < 4.78 is 13.2. The average molecular weight is 348 g/mol. The molecule has 2 heterocycles. The van der Waals surface area contributed by atoms with Crippen LogP contribution in [0.3, 0.4) is 0 Å². The van der Waals surface area contributed by atoms with E-state index in [-0.39, 0.29) is 11.8 Å². The molecule has 0 unspecified atom stereocenters. The molecule has 1 aromatic carbocycles. The molecular formula is C19H29FN4O. The van der Waals surface area contributed by atoms with Crippen molar-refractivity contribution in [1.82, 2.24) is 14.7 Å². The zero-order chi connectivity index (χ0) is 17.8. The van der Waals surface area contributed by atoms with E-state index in [4.69, 9.17) is 0 Å². The highest BCUT2D eigenvalue weighted by molar-refractivity contribution is 5.89. The number of hydrogen-bond donors (Lipinski definition) is 1. The summed E-state index contributed by atoms with van der Waals surface area (Å²) >= 11 is 0. The number of piperazine rings is 1. The van der Waals surface area contributed by atoms with Crippen molar-refractivity contribution in [2.24, 2.45) is 0 Å². The summed E-state index contributed by atoms with van der Waals surface area (Å²) in [5.41, 5.74) is 0.504. The van der Waals surface area contributed by atoms with Gasteiger partial charge in [-0.2, -0.15) is 0 Å². The minimum atomic E-state index is -0.340. The largest absolute Gasteiger partial charge is 0.322 e. The van der Waals surface area contributed by atoms with Crippen molar-refractivity contribution in [3.8, 4) is 0 Å². The molecule has 138 valence electrons. The average Bonchev–Trinajstić information content (AvgIpc) is 2.92. The predicted molar refractivity (Wildman–Crippen MR) is 98.3 cm³/mol. The summed E-state index contributed by atoms with van der Waals surface area (Å²) in [6, 6.07) is 7.25. The van der Waals surface area contributed by atoms with Crippen LogP contribution in [0.1, 0.15) is 26.7 Å². The van der Waals surface area contributed by atoms with Gasteiger partial charge in [0.1, 0.15) is 5.82 Å². The molecule has 2 amide bonds. The summed E-state index contributed by atoms with van der Waals surface area (Å²) in [7, 11) is 0. The van der Waals surface area contributed by atoms with Gasteiger partial charge >= 0.3 is 6.03 Å². The highest BCUT2D eigenvalue weighted by Gasteiger charge is 2.28. The SMILES string of the molecule is C[C@H]1CC[C@H](C)N1CCN1CCN(C(=O)Nc2cccc(F)c2)CC1. The van der Waals surface area contributed by atoms with E-state index in [0.717, 1.165) is 26.2 Å². The normalized spacial score (nSPS) is 25.3. The van der Waals surface area contributed by atoms with Gasteiger partial charge in [-0.05, 0) is 44.9 Å².